The molecule has 2 aliphatic heterocycles. The Labute approximate surface area is 153 Å². The zero-order valence-corrected chi connectivity index (χ0v) is 15.6. The SMILES string of the molecule is C[C@H]1C(=O)[C@]23C[C@H]1CC[C@H]2[C@@]12CO[C@@H](O)[C@@H]1C(C)(C)[C@@H](O)C[C@@H]2OC3=O. The van der Waals surface area contributed by atoms with Gasteiger partial charge >= 0.3 is 5.97 Å². The maximum atomic E-state index is 13.3. The fourth-order valence-corrected chi connectivity index (χ4v) is 7.56. The van der Waals surface area contributed by atoms with Crippen molar-refractivity contribution < 1.29 is 29.3 Å². The van der Waals surface area contributed by atoms with Crippen LogP contribution in [0.25, 0.3) is 0 Å². The van der Waals surface area contributed by atoms with Crippen LogP contribution in [0.15, 0.2) is 0 Å². The molecule has 5 aliphatic rings. The molecule has 0 radical (unpaired) electrons. The fourth-order valence-electron chi connectivity index (χ4n) is 7.56. The molecule has 0 amide bonds. The van der Waals surface area contributed by atoms with E-state index < -0.39 is 40.7 Å². The molecule has 0 aromatic carbocycles. The number of ether oxygens (including phenoxy) is 2. The van der Waals surface area contributed by atoms with Crippen molar-refractivity contribution in [2.45, 2.75) is 65.0 Å². The Morgan fingerprint density at radius 2 is 1.88 bits per heavy atom. The van der Waals surface area contributed by atoms with Crippen LogP contribution in [0.5, 0.6) is 0 Å². The molecule has 0 aromatic rings. The number of Topliss-reactive ketones (excluding diaryl/α,β-unsaturated/α-hetero) is 1. The summed E-state index contributed by atoms with van der Waals surface area (Å²) in [7, 11) is 0. The monoisotopic (exact) mass is 364 g/mol. The number of rotatable bonds is 0. The Kier molecular flexibility index (Phi) is 3.22. The average Bonchev–Trinajstić information content (AvgIpc) is 3.03. The quantitative estimate of drug-likeness (QED) is 0.497. The number of aliphatic hydroxyl groups excluding tert-OH is 2. The maximum absolute atomic E-state index is 13.3. The van der Waals surface area contributed by atoms with E-state index in [0.29, 0.717) is 12.8 Å². The first kappa shape index (κ1) is 17.1. The van der Waals surface area contributed by atoms with Crippen molar-refractivity contribution in [2.75, 3.05) is 6.61 Å². The first-order valence-electron chi connectivity index (χ1n) is 9.90. The molecule has 2 spiro atoms. The van der Waals surface area contributed by atoms with Gasteiger partial charge in [-0.25, -0.2) is 0 Å². The van der Waals surface area contributed by atoms with E-state index in [1.165, 1.54) is 0 Å². The summed E-state index contributed by atoms with van der Waals surface area (Å²) in [4.78, 5) is 26.4. The van der Waals surface area contributed by atoms with E-state index in [-0.39, 0.29) is 36.1 Å². The van der Waals surface area contributed by atoms with Gasteiger partial charge in [-0.1, -0.05) is 20.8 Å². The van der Waals surface area contributed by atoms with Crippen LogP contribution < -0.4 is 0 Å². The molecule has 144 valence electrons. The molecule has 3 aliphatic carbocycles. The van der Waals surface area contributed by atoms with Crippen LogP contribution >= 0.6 is 0 Å². The zero-order valence-electron chi connectivity index (χ0n) is 15.6. The molecule has 2 N–H and O–H groups in total. The minimum atomic E-state index is -1.08. The minimum Gasteiger partial charge on any atom is -0.461 e. The summed E-state index contributed by atoms with van der Waals surface area (Å²) in [6.45, 7) is 6.12. The van der Waals surface area contributed by atoms with Gasteiger partial charge < -0.3 is 19.7 Å². The van der Waals surface area contributed by atoms with E-state index in [1.54, 1.807) is 0 Å². The summed E-state index contributed by atoms with van der Waals surface area (Å²) in [5.41, 5.74) is -2.26. The summed E-state index contributed by atoms with van der Waals surface area (Å²) in [6.07, 6.45) is 0.400. The van der Waals surface area contributed by atoms with Crippen LogP contribution in [0, 0.1) is 39.9 Å². The molecule has 5 rings (SSSR count). The molecular formula is C20H28O6. The summed E-state index contributed by atoms with van der Waals surface area (Å²) < 4.78 is 11.6. The number of esters is 1. The number of ketones is 1. The highest BCUT2D eigenvalue weighted by molar-refractivity contribution is 6.07. The van der Waals surface area contributed by atoms with Crippen LogP contribution in [0.1, 0.15) is 46.5 Å². The van der Waals surface area contributed by atoms with Gasteiger partial charge in [0.2, 0.25) is 0 Å². The molecular weight excluding hydrogens is 336 g/mol. The topological polar surface area (TPSA) is 93.1 Å². The lowest BCUT2D eigenvalue weighted by molar-refractivity contribution is -0.253. The second kappa shape index (κ2) is 4.89. The summed E-state index contributed by atoms with van der Waals surface area (Å²) in [5.74, 6) is -0.792. The number of hydrogen-bond acceptors (Lipinski definition) is 6. The number of hydrogen-bond donors (Lipinski definition) is 2. The van der Waals surface area contributed by atoms with Crippen molar-refractivity contribution in [3.63, 3.8) is 0 Å². The molecule has 5 fully saturated rings. The number of fused-ring (bicyclic) bond motifs is 1. The van der Waals surface area contributed by atoms with Gasteiger partial charge in [-0.2, -0.15) is 0 Å². The molecule has 2 heterocycles. The molecule has 9 atom stereocenters. The first-order chi connectivity index (χ1) is 12.2. The minimum absolute atomic E-state index is 0.0203. The Morgan fingerprint density at radius 1 is 1.15 bits per heavy atom. The Morgan fingerprint density at radius 3 is 2.62 bits per heavy atom. The highest BCUT2D eigenvalue weighted by atomic mass is 16.6. The van der Waals surface area contributed by atoms with Crippen LogP contribution in [0.3, 0.4) is 0 Å². The van der Waals surface area contributed by atoms with E-state index in [9.17, 15) is 19.8 Å². The van der Waals surface area contributed by atoms with E-state index in [2.05, 4.69) is 0 Å². The third kappa shape index (κ3) is 1.62. The predicted octanol–water partition coefficient (Wildman–Crippen LogP) is 1.28. The van der Waals surface area contributed by atoms with Crippen molar-refractivity contribution >= 4 is 11.8 Å². The number of carbonyl (C=O) groups excluding carboxylic acids is 2. The van der Waals surface area contributed by atoms with Crippen molar-refractivity contribution in [1.82, 2.24) is 0 Å². The van der Waals surface area contributed by atoms with E-state index in [1.807, 2.05) is 20.8 Å². The lowest BCUT2D eigenvalue weighted by Crippen LogP contribution is -2.70. The van der Waals surface area contributed by atoms with Gasteiger partial charge in [0.1, 0.15) is 11.5 Å². The van der Waals surface area contributed by atoms with Crippen molar-refractivity contribution in [1.29, 1.82) is 0 Å². The molecule has 6 nitrogen and oxygen atoms in total. The largest absolute Gasteiger partial charge is 0.461 e. The fraction of sp³-hybridized carbons (Fsp3) is 0.900. The highest BCUT2D eigenvalue weighted by Crippen LogP contribution is 2.71. The first-order valence-corrected chi connectivity index (χ1v) is 9.90. The van der Waals surface area contributed by atoms with Crippen molar-refractivity contribution in [3.8, 4) is 0 Å². The molecule has 2 saturated heterocycles. The summed E-state index contributed by atoms with van der Waals surface area (Å²) >= 11 is 0. The Balaban J connectivity index is 1.71. The third-order valence-corrected chi connectivity index (χ3v) is 8.89. The number of carbonyl (C=O) groups is 2. The molecule has 26 heavy (non-hydrogen) atoms. The standard InChI is InChI=1S/C20H28O6/c1-9-10-4-5-11-19(7-10,15(9)22)17(24)26-13-6-12(21)18(2,3)14-16(23)25-8-20(11,13)14/h9-14,16,21,23H,4-8H2,1-3H3/t9-,10-,11-,12+,13+,14-,16-,19+,20-/m1/s1. The van der Waals surface area contributed by atoms with Gasteiger partial charge in [0.15, 0.2) is 12.1 Å². The third-order valence-electron chi connectivity index (χ3n) is 8.89. The molecule has 0 aromatic heterocycles. The van der Waals surface area contributed by atoms with Crippen LogP contribution in [0.2, 0.25) is 0 Å². The van der Waals surface area contributed by atoms with Crippen LogP contribution in [-0.4, -0.2) is 47.1 Å². The van der Waals surface area contributed by atoms with E-state index in [0.717, 1.165) is 12.8 Å². The summed E-state index contributed by atoms with van der Waals surface area (Å²) in [5, 5.41) is 21.4. The second-order valence-corrected chi connectivity index (χ2v) is 9.98. The van der Waals surface area contributed by atoms with Gasteiger partial charge in [0.25, 0.3) is 0 Å². The van der Waals surface area contributed by atoms with Crippen LogP contribution in [-0.2, 0) is 19.1 Å². The molecule has 2 bridgehead atoms. The Bertz CT molecular complexity index is 688. The summed E-state index contributed by atoms with van der Waals surface area (Å²) in [6, 6.07) is 0. The molecule has 6 heteroatoms. The maximum Gasteiger partial charge on any atom is 0.320 e. The molecule has 0 unspecified atom stereocenters. The predicted molar refractivity (Wildman–Crippen MR) is 89.6 cm³/mol. The average molecular weight is 364 g/mol. The lowest BCUT2D eigenvalue weighted by Gasteiger charge is -2.62. The van der Waals surface area contributed by atoms with Gasteiger partial charge in [-0.15, -0.1) is 0 Å². The zero-order chi connectivity index (χ0) is 18.6. The van der Waals surface area contributed by atoms with Gasteiger partial charge in [0, 0.05) is 23.7 Å². The van der Waals surface area contributed by atoms with Crippen LogP contribution in [0.4, 0.5) is 0 Å². The molecule has 3 saturated carbocycles. The second-order valence-electron chi connectivity index (χ2n) is 9.98. The van der Waals surface area contributed by atoms with Crippen molar-refractivity contribution in [3.05, 3.63) is 0 Å². The Hall–Kier alpha value is -0.980. The van der Waals surface area contributed by atoms with Crippen molar-refractivity contribution in [2.24, 2.45) is 39.9 Å². The number of aliphatic hydroxyl groups is 2. The van der Waals surface area contributed by atoms with Gasteiger partial charge in [-0.05, 0) is 36.5 Å². The van der Waals surface area contributed by atoms with Gasteiger partial charge in [-0.3, -0.25) is 9.59 Å². The normalized spacial score (nSPS) is 57.2. The van der Waals surface area contributed by atoms with E-state index >= 15 is 0 Å². The highest BCUT2D eigenvalue weighted by Gasteiger charge is 2.78. The lowest BCUT2D eigenvalue weighted by atomic mass is 9.43. The van der Waals surface area contributed by atoms with E-state index in [4.69, 9.17) is 9.47 Å². The smallest absolute Gasteiger partial charge is 0.320 e. The van der Waals surface area contributed by atoms with Gasteiger partial charge in [0.05, 0.1) is 12.7 Å².